The lowest BCUT2D eigenvalue weighted by Gasteiger charge is -2.28. The Morgan fingerprint density at radius 2 is 1.30 bits per heavy atom. The molecule has 0 saturated heterocycles. The molecule has 0 amide bonds. The molecular formula is C19H20O. The Morgan fingerprint density at radius 3 is 1.90 bits per heavy atom. The monoisotopic (exact) mass is 264 g/mol. The predicted molar refractivity (Wildman–Crippen MR) is 81.9 cm³/mol. The van der Waals surface area contributed by atoms with Gasteiger partial charge in [-0.1, -0.05) is 60.7 Å². The van der Waals surface area contributed by atoms with Crippen molar-refractivity contribution in [1.29, 1.82) is 0 Å². The topological polar surface area (TPSA) is 17.1 Å². The van der Waals surface area contributed by atoms with Crippen LogP contribution in [0.15, 0.2) is 60.7 Å². The lowest BCUT2D eigenvalue weighted by molar-refractivity contribution is 0.0884. The first-order valence-electron chi connectivity index (χ1n) is 7.49. The number of ketones is 1. The van der Waals surface area contributed by atoms with Crippen LogP contribution in [0.3, 0.4) is 0 Å². The van der Waals surface area contributed by atoms with Crippen molar-refractivity contribution in [1.82, 2.24) is 0 Å². The van der Waals surface area contributed by atoms with Crippen LogP contribution in [0.1, 0.15) is 47.5 Å². The third-order valence-corrected chi connectivity index (χ3v) is 4.43. The van der Waals surface area contributed by atoms with E-state index in [0.29, 0.717) is 11.7 Å². The second kappa shape index (κ2) is 6.04. The van der Waals surface area contributed by atoms with Gasteiger partial charge in [-0.2, -0.15) is 0 Å². The standard InChI is InChI=1S/C19H20O/c20-19(17-9-5-2-6-10-17)18-13-11-16(12-14-18)15-7-3-1-4-8-15/h1-10,16,18H,11-14H2. The van der Waals surface area contributed by atoms with Crippen LogP contribution in [-0.4, -0.2) is 5.78 Å². The number of Topliss-reactive ketones (excluding diaryl/α,β-unsaturated/α-hetero) is 1. The van der Waals surface area contributed by atoms with Crippen LogP contribution in [0.4, 0.5) is 0 Å². The maximum atomic E-state index is 12.4. The number of hydrogen-bond donors (Lipinski definition) is 0. The van der Waals surface area contributed by atoms with Crippen LogP contribution in [0.25, 0.3) is 0 Å². The fourth-order valence-corrected chi connectivity index (χ4v) is 3.25. The minimum absolute atomic E-state index is 0.220. The van der Waals surface area contributed by atoms with Gasteiger partial charge in [0.1, 0.15) is 0 Å². The Balaban J connectivity index is 1.63. The molecule has 1 heteroatoms. The molecule has 0 bridgehead atoms. The summed E-state index contributed by atoms with van der Waals surface area (Å²) in [5, 5.41) is 0. The smallest absolute Gasteiger partial charge is 0.165 e. The summed E-state index contributed by atoms with van der Waals surface area (Å²) in [5.41, 5.74) is 2.30. The van der Waals surface area contributed by atoms with Gasteiger partial charge in [-0.25, -0.2) is 0 Å². The average Bonchev–Trinajstić information content (AvgIpc) is 2.56. The van der Waals surface area contributed by atoms with Crippen molar-refractivity contribution >= 4 is 5.78 Å². The molecule has 0 radical (unpaired) electrons. The number of carbonyl (C=O) groups excluding carboxylic acids is 1. The number of rotatable bonds is 3. The molecule has 0 unspecified atom stereocenters. The van der Waals surface area contributed by atoms with Crippen molar-refractivity contribution in [2.24, 2.45) is 5.92 Å². The molecule has 0 atom stereocenters. The lowest BCUT2D eigenvalue weighted by atomic mass is 9.76. The van der Waals surface area contributed by atoms with Gasteiger partial charge in [0.05, 0.1) is 0 Å². The molecule has 1 aliphatic rings. The molecule has 102 valence electrons. The summed E-state index contributed by atoms with van der Waals surface area (Å²) in [6.07, 6.45) is 4.31. The third-order valence-electron chi connectivity index (χ3n) is 4.43. The molecular weight excluding hydrogens is 244 g/mol. The fourth-order valence-electron chi connectivity index (χ4n) is 3.25. The molecule has 2 aromatic rings. The van der Waals surface area contributed by atoms with Gasteiger partial charge in [0, 0.05) is 11.5 Å². The Labute approximate surface area is 120 Å². The van der Waals surface area contributed by atoms with E-state index in [1.807, 2.05) is 30.3 Å². The van der Waals surface area contributed by atoms with Crippen molar-refractivity contribution in [3.63, 3.8) is 0 Å². The van der Waals surface area contributed by atoms with Crippen molar-refractivity contribution in [3.05, 3.63) is 71.8 Å². The lowest BCUT2D eigenvalue weighted by Crippen LogP contribution is -2.21. The number of benzene rings is 2. The Morgan fingerprint density at radius 1 is 0.750 bits per heavy atom. The van der Waals surface area contributed by atoms with E-state index in [9.17, 15) is 4.79 Å². The summed E-state index contributed by atoms with van der Waals surface area (Å²) in [5.74, 6) is 1.19. The highest BCUT2D eigenvalue weighted by Gasteiger charge is 2.27. The molecule has 0 aliphatic heterocycles. The quantitative estimate of drug-likeness (QED) is 0.725. The molecule has 1 nitrogen and oxygen atoms in total. The normalized spacial score (nSPS) is 22.4. The molecule has 1 fully saturated rings. The molecule has 1 saturated carbocycles. The Hall–Kier alpha value is -1.89. The molecule has 0 N–H and O–H groups in total. The average molecular weight is 264 g/mol. The summed E-state index contributed by atoms with van der Waals surface area (Å²) < 4.78 is 0. The molecule has 2 aromatic carbocycles. The predicted octanol–water partition coefficient (Wildman–Crippen LogP) is 4.84. The van der Waals surface area contributed by atoms with Crippen LogP contribution in [0, 0.1) is 5.92 Å². The van der Waals surface area contributed by atoms with E-state index in [4.69, 9.17) is 0 Å². The summed E-state index contributed by atoms with van der Waals surface area (Å²) in [6, 6.07) is 20.4. The Bertz CT molecular complexity index is 551. The Kier molecular flexibility index (Phi) is 3.96. The first kappa shape index (κ1) is 13.1. The third kappa shape index (κ3) is 2.82. The highest BCUT2D eigenvalue weighted by Crippen LogP contribution is 2.36. The summed E-state index contributed by atoms with van der Waals surface area (Å²) in [6.45, 7) is 0. The van der Waals surface area contributed by atoms with Crippen LogP contribution < -0.4 is 0 Å². The first-order valence-corrected chi connectivity index (χ1v) is 7.49. The van der Waals surface area contributed by atoms with E-state index >= 15 is 0 Å². The second-order valence-corrected chi connectivity index (χ2v) is 5.69. The minimum atomic E-state index is 0.220. The summed E-state index contributed by atoms with van der Waals surface area (Å²) in [4.78, 5) is 12.4. The zero-order valence-electron chi connectivity index (χ0n) is 11.7. The molecule has 0 heterocycles. The summed E-state index contributed by atoms with van der Waals surface area (Å²) in [7, 11) is 0. The van der Waals surface area contributed by atoms with Gasteiger partial charge in [-0.3, -0.25) is 4.79 Å². The SMILES string of the molecule is O=C(c1ccccc1)C1CCC(c2ccccc2)CC1. The van der Waals surface area contributed by atoms with Gasteiger partial charge >= 0.3 is 0 Å². The number of hydrogen-bond acceptors (Lipinski definition) is 1. The van der Waals surface area contributed by atoms with Gasteiger partial charge in [-0.05, 0) is 37.2 Å². The zero-order chi connectivity index (χ0) is 13.8. The van der Waals surface area contributed by atoms with Crippen LogP contribution in [0.5, 0.6) is 0 Å². The number of carbonyl (C=O) groups is 1. The molecule has 20 heavy (non-hydrogen) atoms. The second-order valence-electron chi connectivity index (χ2n) is 5.69. The van der Waals surface area contributed by atoms with Crippen LogP contribution in [0.2, 0.25) is 0 Å². The summed E-state index contributed by atoms with van der Waals surface area (Å²) >= 11 is 0. The van der Waals surface area contributed by atoms with Gasteiger partial charge in [0.15, 0.2) is 5.78 Å². The van der Waals surface area contributed by atoms with Crippen molar-refractivity contribution in [3.8, 4) is 0 Å². The van der Waals surface area contributed by atoms with E-state index in [1.54, 1.807) is 0 Å². The van der Waals surface area contributed by atoms with Crippen molar-refractivity contribution in [2.45, 2.75) is 31.6 Å². The largest absolute Gasteiger partial charge is 0.294 e. The minimum Gasteiger partial charge on any atom is -0.294 e. The van der Waals surface area contributed by atoms with Gasteiger partial charge < -0.3 is 0 Å². The van der Waals surface area contributed by atoms with E-state index in [1.165, 1.54) is 5.56 Å². The van der Waals surface area contributed by atoms with E-state index in [0.717, 1.165) is 31.2 Å². The maximum absolute atomic E-state index is 12.4. The van der Waals surface area contributed by atoms with E-state index < -0.39 is 0 Å². The first-order chi connectivity index (χ1) is 9.84. The molecule has 0 aromatic heterocycles. The van der Waals surface area contributed by atoms with Crippen molar-refractivity contribution in [2.75, 3.05) is 0 Å². The molecule has 0 spiro atoms. The fraction of sp³-hybridized carbons (Fsp3) is 0.316. The highest BCUT2D eigenvalue weighted by molar-refractivity contribution is 5.97. The van der Waals surface area contributed by atoms with Gasteiger partial charge in [0.25, 0.3) is 0 Å². The van der Waals surface area contributed by atoms with Gasteiger partial charge in [0.2, 0.25) is 0 Å². The molecule has 3 rings (SSSR count). The van der Waals surface area contributed by atoms with Crippen LogP contribution >= 0.6 is 0 Å². The zero-order valence-corrected chi connectivity index (χ0v) is 11.7. The van der Waals surface area contributed by atoms with E-state index in [2.05, 4.69) is 30.3 Å². The van der Waals surface area contributed by atoms with Crippen molar-refractivity contribution < 1.29 is 4.79 Å². The highest BCUT2D eigenvalue weighted by atomic mass is 16.1. The maximum Gasteiger partial charge on any atom is 0.165 e. The van der Waals surface area contributed by atoms with Crippen LogP contribution in [-0.2, 0) is 0 Å². The van der Waals surface area contributed by atoms with E-state index in [-0.39, 0.29) is 5.92 Å². The van der Waals surface area contributed by atoms with Gasteiger partial charge in [-0.15, -0.1) is 0 Å². The molecule has 1 aliphatic carbocycles.